The fourth-order valence-corrected chi connectivity index (χ4v) is 3.12. The topological polar surface area (TPSA) is 29.1 Å². The zero-order valence-corrected chi connectivity index (χ0v) is 9.65. The molecule has 0 heterocycles. The van der Waals surface area contributed by atoms with E-state index in [-0.39, 0.29) is 11.8 Å². The van der Waals surface area contributed by atoms with Gasteiger partial charge in [-0.15, -0.1) is 6.42 Å². The SMILES string of the molecule is C#Cc1cccc(NC(=O)C2C3CCCC32)c1. The van der Waals surface area contributed by atoms with Crippen molar-refractivity contribution in [2.24, 2.45) is 17.8 Å². The first-order valence-corrected chi connectivity index (χ1v) is 6.17. The van der Waals surface area contributed by atoms with Crippen LogP contribution >= 0.6 is 0 Å². The molecule has 0 aliphatic heterocycles. The third-order valence-corrected chi connectivity index (χ3v) is 4.01. The second kappa shape index (κ2) is 3.92. The predicted molar refractivity (Wildman–Crippen MR) is 67.3 cm³/mol. The van der Waals surface area contributed by atoms with Crippen molar-refractivity contribution in [3.8, 4) is 12.3 Å². The van der Waals surface area contributed by atoms with E-state index in [1.165, 1.54) is 19.3 Å². The third-order valence-electron chi connectivity index (χ3n) is 4.01. The van der Waals surface area contributed by atoms with Crippen molar-refractivity contribution in [1.82, 2.24) is 0 Å². The lowest BCUT2D eigenvalue weighted by Crippen LogP contribution is -2.16. The van der Waals surface area contributed by atoms with E-state index in [9.17, 15) is 4.79 Å². The molecule has 3 rings (SSSR count). The van der Waals surface area contributed by atoms with E-state index in [0.29, 0.717) is 11.8 Å². The van der Waals surface area contributed by atoms with Crippen LogP contribution in [0, 0.1) is 30.1 Å². The van der Waals surface area contributed by atoms with Gasteiger partial charge in [-0.1, -0.05) is 18.4 Å². The summed E-state index contributed by atoms with van der Waals surface area (Å²) in [5, 5.41) is 2.97. The number of fused-ring (bicyclic) bond motifs is 1. The largest absolute Gasteiger partial charge is 0.326 e. The van der Waals surface area contributed by atoms with Gasteiger partial charge in [-0.05, 0) is 42.9 Å². The summed E-state index contributed by atoms with van der Waals surface area (Å²) in [5.41, 5.74) is 1.62. The summed E-state index contributed by atoms with van der Waals surface area (Å²) >= 11 is 0. The standard InChI is InChI=1S/C15H15NO/c1-2-10-5-3-6-11(9-10)16-15(17)14-12-7-4-8-13(12)14/h1,3,5-6,9,12-14H,4,7-8H2,(H,16,17). The van der Waals surface area contributed by atoms with Crippen LogP contribution in [0.15, 0.2) is 24.3 Å². The third kappa shape index (κ3) is 1.82. The Labute approximate surface area is 101 Å². The molecule has 0 spiro atoms. The van der Waals surface area contributed by atoms with E-state index in [4.69, 9.17) is 6.42 Å². The van der Waals surface area contributed by atoms with Crippen LogP contribution < -0.4 is 5.32 Å². The smallest absolute Gasteiger partial charge is 0.228 e. The Bertz CT molecular complexity index is 490. The molecule has 2 atom stereocenters. The number of nitrogens with one attached hydrogen (secondary N) is 1. The summed E-state index contributed by atoms with van der Waals surface area (Å²) in [4.78, 5) is 12.0. The number of rotatable bonds is 2. The van der Waals surface area contributed by atoms with E-state index in [1.807, 2.05) is 24.3 Å². The van der Waals surface area contributed by atoms with Gasteiger partial charge >= 0.3 is 0 Å². The first-order chi connectivity index (χ1) is 8.29. The van der Waals surface area contributed by atoms with Crippen molar-refractivity contribution >= 4 is 11.6 Å². The van der Waals surface area contributed by atoms with Gasteiger partial charge in [0.05, 0.1) is 0 Å². The van der Waals surface area contributed by atoms with Crippen molar-refractivity contribution in [3.63, 3.8) is 0 Å². The van der Waals surface area contributed by atoms with E-state index < -0.39 is 0 Å². The zero-order chi connectivity index (χ0) is 11.8. The monoisotopic (exact) mass is 225 g/mol. The molecule has 0 aromatic heterocycles. The molecule has 17 heavy (non-hydrogen) atoms. The lowest BCUT2D eigenvalue weighted by Gasteiger charge is -2.06. The molecule has 2 nitrogen and oxygen atoms in total. The molecule has 86 valence electrons. The number of terminal acetylenes is 1. The molecule has 1 N–H and O–H groups in total. The van der Waals surface area contributed by atoms with E-state index in [1.54, 1.807) is 0 Å². The Morgan fingerprint density at radius 3 is 2.82 bits per heavy atom. The van der Waals surface area contributed by atoms with E-state index in [2.05, 4.69) is 11.2 Å². The van der Waals surface area contributed by atoms with Crippen molar-refractivity contribution in [3.05, 3.63) is 29.8 Å². The van der Waals surface area contributed by atoms with Crippen molar-refractivity contribution < 1.29 is 4.79 Å². The summed E-state index contributed by atoms with van der Waals surface area (Å²) < 4.78 is 0. The number of anilines is 1. The highest BCUT2D eigenvalue weighted by Gasteiger charge is 2.56. The molecule has 0 saturated heterocycles. The average molecular weight is 225 g/mol. The van der Waals surface area contributed by atoms with Gasteiger partial charge in [-0.3, -0.25) is 4.79 Å². The molecule has 1 aromatic rings. The van der Waals surface area contributed by atoms with Crippen LogP contribution in [0.4, 0.5) is 5.69 Å². The predicted octanol–water partition coefficient (Wildman–Crippen LogP) is 2.65. The van der Waals surface area contributed by atoms with Gasteiger partial charge in [0.15, 0.2) is 0 Å². The Balaban J connectivity index is 1.67. The van der Waals surface area contributed by atoms with Crippen LogP contribution in [-0.4, -0.2) is 5.91 Å². The quantitative estimate of drug-likeness (QED) is 0.770. The molecule has 2 aliphatic rings. The van der Waals surface area contributed by atoms with Crippen LogP contribution in [0.2, 0.25) is 0 Å². The maximum absolute atomic E-state index is 12.0. The van der Waals surface area contributed by atoms with Crippen LogP contribution in [-0.2, 0) is 4.79 Å². The van der Waals surface area contributed by atoms with E-state index in [0.717, 1.165) is 11.3 Å². The molecule has 1 amide bonds. The minimum atomic E-state index is 0.175. The fourth-order valence-electron chi connectivity index (χ4n) is 3.12. The van der Waals surface area contributed by atoms with Gasteiger partial charge in [-0.2, -0.15) is 0 Å². The first-order valence-electron chi connectivity index (χ1n) is 6.17. The minimum absolute atomic E-state index is 0.175. The average Bonchev–Trinajstić information content (AvgIpc) is 2.84. The summed E-state index contributed by atoms with van der Waals surface area (Å²) in [7, 11) is 0. The van der Waals surface area contributed by atoms with Gasteiger partial charge in [0.2, 0.25) is 5.91 Å². The molecule has 0 bridgehead atoms. The lowest BCUT2D eigenvalue weighted by atomic mass is 10.1. The summed E-state index contributed by atoms with van der Waals surface area (Å²) in [6, 6.07) is 7.47. The van der Waals surface area contributed by atoms with Crippen molar-refractivity contribution in [2.45, 2.75) is 19.3 Å². The van der Waals surface area contributed by atoms with Gasteiger partial charge in [0, 0.05) is 17.2 Å². The zero-order valence-electron chi connectivity index (χ0n) is 9.65. The molecule has 2 fully saturated rings. The molecule has 2 aliphatic carbocycles. The highest BCUT2D eigenvalue weighted by Crippen LogP contribution is 2.57. The molecule has 2 saturated carbocycles. The van der Waals surface area contributed by atoms with Crippen LogP contribution in [0.1, 0.15) is 24.8 Å². The Morgan fingerprint density at radius 2 is 2.12 bits per heavy atom. The number of carbonyl (C=O) groups excluding carboxylic acids is 1. The molecule has 2 unspecified atom stereocenters. The molecule has 0 radical (unpaired) electrons. The normalized spacial score (nSPS) is 29.2. The van der Waals surface area contributed by atoms with Crippen molar-refractivity contribution in [1.29, 1.82) is 0 Å². The fraction of sp³-hybridized carbons (Fsp3) is 0.400. The number of carbonyl (C=O) groups is 1. The number of hydrogen-bond acceptors (Lipinski definition) is 1. The van der Waals surface area contributed by atoms with Gasteiger partial charge in [0.1, 0.15) is 0 Å². The Kier molecular flexibility index (Phi) is 2.40. The van der Waals surface area contributed by atoms with E-state index >= 15 is 0 Å². The summed E-state index contributed by atoms with van der Waals surface area (Å²) in [6.07, 6.45) is 9.09. The van der Waals surface area contributed by atoms with Gasteiger partial charge in [0.25, 0.3) is 0 Å². The van der Waals surface area contributed by atoms with Gasteiger partial charge < -0.3 is 5.32 Å². The maximum Gasteiger partial charge on any atom is 0.228 e. The molecule has 2 heteroatoms. The summed E-state index contributed by atoms with van der Waals surface area (Å²) in [5.74, 6) is 4.33. The first kappa shape index (κ1) is 10.4. The maximum atomic E-state index is 12.0. The molecule has 1 aromatic carbocycles. The second-order valence-electron chi connectivity index (χ2n) is 5.00. The minimum Gasteiger partial charge on any atom is -0.326 e. The number of benzene rings is 1. The highest BCUT2D eigenvalue weighted by molar-refractivity contribution is 5.95. The number of amides is 1. The second-order valence-corrected chi connectivity index (χ2v) is 5.00. The Morgan fingerprint density at radius 1 is 1.35 bits per heavy atom. The highest BCUT2D eigenvalue weighted by atomic mass is 16.2. The number of hydrogen-bond donors (Lipinski definition) is 1. The van der Waals surface area contributed by atoms with Crippen molar-refractivity contribution in [2.75, 3.05) is 5.32 Å². The van der Waals surface area contributed by atoms with Crippen LogP contribution in [0.5, 0.6) is 0 Å². The van der Waals surface area contributed by atoms with Crippen LogP contribution in [0.3, 0.4) is 0 Å². The molecular formula is C15H15NO. The molecular weight excluding hydrogens is 210 g/mol. The van der Waals surface area contributed by atoms with Crippen LogP contribution in [0.25, 0.3) is 0 Å². The summed E-state index contributed by atoms with van der Waals surface area (Å²) in [6.45, 7) is 0. The van der Waals surface area contributed by atoms with Gasteiger partial charge in [-0.25, -0.2) is 0 Å². The lowest BCUT2D eigenvalue weighted by molar-refractivity contribution is -0.118. The Hall–Kier alpha value is -1.75.